The van der Waals surface area contributed by atoms with Gasteiger partial charge >= 0.3 is 0 Å². The highest BCUT2D eigenvalue weighted by Crippen LogP contribution is 2.64. The van der Waals surface area contributed by atoms with Crippen molar-refractivity contribution >= 4 is 0 Å². The van der Waals surface area contributed by atoms with E-state index in [1.165, 1.54) is 12.1 Å². The minimum Gasteiger partial charge on any atom is -0.420 e. The molecule has 2 fully saturated rings. The molecule has 1 saturated carbocycles. The van der Waals surface area contributed by atoms with Crippen LogP contribution in [0, 0.1) is 11.2 Å². The second-order valence-corrected chi connectivity index (χ2v) is 8.56. The number of halogens is 1. The minimum absolute atomic E-state index is 0.253. The molecule has 158 valence electrons. The molecule has 3 aromatic rings. The molecule has 1 saturated heterocycles. The Bertz CT molecular complexity index is 1010. The van der Waals surface area contributed by atoms with Gasteiger partial charge in [-0.25, -0.2) is 4.39 Å². The SMILES string of the molecule is CCCCc1noc(CN2CCC3(CC2)C[C@H]3c2nnc(-c3cccc(F)c3)o2)n1. The Kier molecular flexibility index (Phi) is 5.10. The van der Waals surface area contributed by atoms with Crippen LogP contribution in [0.2, 0.25) is 0 Å². The Morgan fingerprint density at radius 3 is 2.90 bits per heavy atom. The Morgan fingerprint density at radius 1 is 1.23 bits per heavy atom. The maximum Gasteiger partial charge on any atom is 0.247 e. The van der Waals surface area contributed by atoms with E-state index in [-0.39, 0.29) is 11.2 Å². The van der Waals surface area contributed by atoms with Crippen molar-refractivity contribution < 1.29 is 13.3 Å². The van der Waals surface area contributed by atoms with E-state index in [1.807, 2.05) is 0 Å². The molecule has 0 bridgehead atoms. The van der Waals surface area contributed by atoms with Gasteiger partial charge in [0, 0.05) is 17.9 Å². The molecule has 0 amide bonds. The standard InChI is InChI=1S/C22H26FN5O2/c1-2-3-7-18-24-19(30-27-18)14-28-10-8-22(9-11-28)13-17(22)21-26-25-20(29-21)15-5-4-6-16(23)12-15/h4-6,12,17H,2-3,7-11,13-14H2,1H3/t17-/m0/s1. The lowest BCUT2D eigenvalue weighted by molar-refractivity contribution is 0.144. The molecule has 1 atom stereocenters. The number of rotatable bonds is 7. The van der Waals surface area contributed by atoms with Crippen LogP contribution in [0.4, 0.5) is 4.39 Å². The fourth-order valence-corrected chi connectivity index (χ4v) is 4.50. The zero-order valence-corrected chi connectivity index (χ0v) is 17.2. The van der Waals surface area contributed by atoms with E-state index in [0.717, 1.165) is 57.4 Å². The first-order valence-electron chi connectivity index (χ1n) is 10.8. The van der Waals surface area contributed by atoms with Crippen molar-refractivity contribution in [3.05, 3.63) is 47.7 Å². The monoisotopic (exact) mass is 411 g/mol. The number of benzene rings is 1. The number of unbranched alkanes of at least 4 members (excludes halogenated alkanes) is 1. The molecule has 0 unspecified atom stereocenters. The summed E-state index contributed by atoms with van der Waals surface area (Å²) in [5, 5.41) is 12.5. The van der Waals surface area contributed by atoms with Gasteiger partial charge in [-0.05, 0) is 62.4 Å². The summed E-state index contributed by atoms with van der Waals surface area (Å²) < 4.78 is 24.8. The summed E-state index contributed by atoms with van der Waals surface area (Å²) in [4.78, 5) is 6.89. The average Bonchev–Trinajstić information content (AvgIpc) is 3.11. The van der Waals surface area contributed by atoms with E-state index < -0.39 is 0 Å². The molecule has 3 heterocycles. The number of likely N-dealkylation sites (tertiary alicyclic amines) is 1. The molecule has 2 aromatic heterocycles. The average molecular weight is 411 g/mol. The van der Waals surface area contributed by atoms with Gasteiger partial charge in [-0.15, -0.1) is 10.2 Å². The minimum atomic E-state index is -0.304. The third-order valence-electron chi connectivity index (χ3n) is 6.47. The quantitative estimate of drug-likeness (QED) is 0.571. The van der Waals surface area contributed by atoms with Crippen molar-refractivity contribution in [2.75, 3.05) is 13.1 Å². The van der Waals surface area contributed by atoms with E-state index >= 15 is 0 Å². The van der Waals surface area contributed by atoms with E-state index in [9.17, 15) is 4.39 Å². The molecule has 1 aliphatic heterocycles. The number of hydrogen-bond acceptors (Lipinski definition) is 7. The van der Waals surface area contributed by atoms with Crippen molar-refractivity contribution in [2.45, 2.75) is 57.9 Å². The fraction of sp³-hybridized carbons (Fsp3) is 0.545. The summed E-state index contributed by atoms with van der Waals surface area (Å²) >= 11 is 0. The predicted molar refractivity (Wildman–Crippen MR) is 107 cm³/mol. The van der Waals surface area contributed by atoms with E-state index in [0.29, 0.717) is 35.7 Å². The number of aromatic nitrogens is 4. The van der Waals surface area contributed by atoms with Gasteiger partial charge < -0.3 is 8.94 Å². The third kappa shape index (κ3) is 3.88. The van der Waals surface area contributed by atoms with Gasteiger partial charge in [0.05, 0.1) is 6.54 Å². The number of aryl methyl sites for hydroxylation is 1. The van der Waals surface area contributed by atoms with Gasteiger partial charge in [0.2, 0.25) is 17.7 Å². The van der Waals surface area contributed by atoms with E-state index in [1.54, 1.807) is 12.1 Å². The molecular formula is C22H26FN5O2. The molecule has 0 radical (unpaired) electrons. The third-order valence-corrected chi connectivity index (χ3v) is 6.47. The molecular weight excluding hydrogens is 385 g/mol. The van der Waals surface area contributed by atoms with Crippen LogP contribution in [0.5, 0.6) is 0 Å². The summed E-state index contributed by atoms with van der Waals surface area (Å²) in [6.07, 6.45) is 6.35. The van der Waals surface area contributed by atoms with Crippen molar-refractivity contribution in [1.29, 1.82) is 0 Å². The van der Waals surface area contributed by atoms with Crippen LogP contribution in [-0.4, -0.2) is 38.3 Å². The molecule has 1 spiro atoms. The Balaban J connectivity index is 1.16. The first-order valence-corrected chi connectivity index (χ1v) is 10.8. The lowest BCUT2D eigenvalue weighted by atomic mass is 9.91. The summed E-state index contributed by atoms with van der Waals surface area (Å²) in [5.74, 6) is 2.59. The highest BCUT2D eigenvalue weighted by Gasteiger charge is 2.58. The lowest BCUT2D eigenvalue weighted by Gasteiger charge is -2.31. The number of nitrogens with zero attached hydrogens (tertiary/aromatic N) is 5. The molecule has 30 heavy (non-hydrogen) atoms. The molecule has 1 aliphatic carbocycles. The van der Waals surface area contributed by atoms with Gasteiger partial charge in [0.1, 0.15) is 5.82 Å². The first-order chi connectivity index (χ1) is 14.6. The molecule has 5 rings (SSSR count). The van der Waals surface area contributed by atoms with Crippen LogP contribution in [0.25, 0.3) is 11.5 Å². The molecule has 1 aromatic carbocycles. The molecule has 2 aliphatic rings. The largest absolute Gasteiger partial charge is 0.420 e. The second kappa shape index (κ2) is 7.91. The van der Waals surface area contributed by atoms with Crippen molar-refractivity contribution in [1.82, 2.24) is 25.2 Å². The molecule has 0 N–H and O–H groups in total. The van der Waals surface area contributed by atoms with Gasteiger partial charge in [-0.1, -0.05) is 24.6 Å². The molecule has 8 heteroatoms. The fourth-order valence-electron chi connectivity index (χ4n) is 4.50. The summed E-state index contributed by atoms with van der Waals surface area (Å²) in [7, 11) is 0. The highest BCUT2D eigenvalue weighted by molar-refractivity contribution is 5.52. The maximum absolute atomic E-state index is 13.5. The van der Waals surface area contributed by atoms with Crippen molar-refractivity contribution in [2.24, 2.45) is 5.41 Å². The summed E-state index contributed by atoms with van der Waals surface area (Å²) in [6.45, 7) is 4.86. The summed E-state index contributed by atoms with van der Waals surface area (Å²) in [6, 6.07) is 6.26. The van der Waals surface area contributed by atoms with Crippen LogP contribution in [-0.2, 0) is 13.0 Å². The van der Waals surface area contributed by atoms with Crippen LogP contribution >= 0.6 is 0 Å². The zero-order chi connectivity index (χ0) is 20.6. The highest BCUT2D eigenvalue weighted by atomic mass is 19.1. The maximum atomic E-state index is 13.5. The Morgan fingerprint density at radius 2 is 2.10 bits per heavy atom. The van der Waals surface area contributed by atoms with E-state index in [4.69, 9.17) is 8.94 Å². The van der Waals surface area contributed by atoms with Crippen molar-refractivity contribution in [3.63, 3.8) is 0 Å². The molecule has 7 nitrogen and oxygen atoms in total. The predicted octanol–water partition coefficient (Wildman–Crippen LogP) is 4.37. The second-order valence-electron chi connectivity index (χ2n) is 8.56. The topological polar surface area (TPSA) is 81.1 Å². The van der Waals surface area contributed by atoms with E-state index in [2.05, 4.69) is 32.2 Å². The van der Waals surface area contributed by atoms with Gasteiger partial charge in [0.15, 0.2) is 5.82 Å². The van der Waals surface area contributed by atoms with Crippen LogP contribution in [0.15, 0.2) is 33.2 Å². The van der Waals surface area contributed by atoms with Crippen LogP contribution < -0.4 is 0 Å². The van der Waals surface area contributed by atoms with Crippen molar-refractivity contribution in [3.8, 4) is 11.5 Å². The lowest BCUT2D eigenvalue weighted by Crippen LogP contribution is -2.34. The number of piperidine rings is 1. The smallest absolute Gasteiger partial charge is 0.247 e. The summed E-state index contributed by atoms with van der Waals surface area (Å²) in [5.41, 5.74) is 0.875. The normalized spacial score (nSPS) is 20.7. The number of hydrogen-bond donors (Lipinski definition) is 0. The van der Waals surface area contributed by atoms with Crippen LogP contribution in [0.1, 0.15) is 62.6 Å². The van der Waals surface area contributed by atoms with Crippen LogP contribution in [0.3, 0.4) is 0 Å². The Hall–Kier alpha value is -2.61. The zero-order valence-electron chi connectivity index (χ0n) is 17.2. The van der Waals surface area contributed by atoms with Gasteiger partial charge in [-0.2, -0.15) is 4.98 Å². The van der Waals surface area contributed by atoms with Gasteiger partial charge in [0.25, 0.3) is 0 Å². The first kappa shape index (κ1) is 19.4. The van der Waals surface area contributed by atoms with Gasteiger partial charge in [-0.3, -0.25) is 4.90 Å². The Labute approximate surface area is 174 Å².